The number of nitrogens with zero attached hydrogens (tertiary/aromatic N) is 2. The molecule has 0 aromatic heterocycles. The molecule has 0 bridgehead atoms. The summed E-state index contributed by atoms with van der Waals surface area (Å²) in [5, 5.41) is 0. The summed E-state index contributed by atoms with van der Waals surface area (Å²) in [7, 11) is 2.16. The van der Waals surface area contributed by atoms with Crippen molar-refractivity contribution in [2.75, 3.05) is 33.2 Å². The molecule has 3 heteroatoms. The lowest BCUT2D eigenvalue weighted by atomic mass is 10.0. The molecule has 1 aliphatic carbocycles. The molecular formula is C12H18N2O. The van der Waals surface area contributed by atoms with Crippen LogP contribution in [0.3, 0.4) is 0 Å². The van der Waals surface area contributed by atoms with E-state index in [1.807, 2.05) is 6.08 Å². The number of aldehydes is 1. The lowest BCUT2D eigenvalue weighted by Gasteiger charge is -2.36. The van der Waals surface area contributed by atoms with Gasteiger partial charge in [0.05, 0.1) is 0 Å². The first-order valence-corrected chi connectivity index (χ1v) is 5.58. The molecule has 2 aliphatic rings. The molecule has 3 nitrogen and oxygen atoms in total. The van der Waals surface area contributed by atoms with Crippen LogP contribution in [0.4, 0.5) is 0 Å². The Morgan fingerprint density at radius 2 is 1.87 bits per heavy atom. The molecule has 0 amide bonds. The van der Waals surface area contributed by atoms with E-state index in [1.54, 1.807) is 0 Å². The molecule has 0 saturated carbocycles. The maximum Gasteiger partial charge on any atom is 0.146 e. The van der Waals surface area contributed by atoms with E-state index in [0.717, 1.165) is 50.9 Å². The van der Waals surface area contributed by atoms with Crippen LogP contribution in [0.2, 0.25) is 0 Å². The quantitative estimate of drug-likeness (QED) is 0.631. The van der Waals surface area contributed by atoms with Gasteiger partial charge in [0.1, 0.15) is 6.29 Å². The van der Waals surface area contributed by atoms with Crippen LogP contribution in [-0.2, 0) is 4.79 Å². The first kappa shape index (κ1) is 10.4. The van der Waals surface area contributed by atoms with Gasteiger partial charge >= 0.3 is 0 Å². The number of carbonyl (C=O) groups is 1. The average Bonchev–Trinajstić information content (AvgIpc) is 2.30. The van der Waals surface area contributed by atoms with Gasteiger partial charge in [0.2, 0.25) is 0 Å². The lowest BCUT2D eigenvalue weighted by molar-refractivity contribution is -0.105. The van der Waals surface area contributed by atoms with Gasteiger partial charge in [-0.2, -0.15) is 0 Å². The second-order valence-electron chi connectivity index (χ2n) is 4.31. The topological polar surface area (TPSA) is 23.6 Å². The second kappa shape index (κ2) is 4.62. The van der Waals surface area contributed by atoms with Gasteiger partial charge in [0.15, 0.2) is 0 Å². The highest BCUT2D eigenvalue weighted by atomic mass is 16.1. The summed E-state index contributed by atoms with van der Waals surface area (Å²) < 4.78 is 0. The molecule has 0 spiro atoms. The van der Waals surface area contributed by atoms with Crippen molar-refractivity contribution in [3.63, 3.8) is 0 Å². The van der Waals surface area contributed by atoms with E-state index in [9.17, 15) is 4.79 Å². The van der Waals surface area contributed by atoms with Gasteiger partial charge in [-0.1, -0.05) is 6.08 Å². The molecule has 0 N–H and O–H groups in total. The van der Waals surface area contributed by atoms with Crippen LogP contribution >= 0.6 is 0 Å². The first-order chi connectivity index (χ1) is 7.29. The molecular weight excluding hydrogens is 188 g/mol. The summed E-state index contributed by atoms with van der Waals surface area (Å²) in [5.74, 6) is 0. The Balaban J connectivity index is 1.97. The number of allylic oxidation sites excluding steroid dienone is 4. The van der Waals surface area contributed by atoms with Crippen molar-refractivity contribution in [3.05, 3.63) is 23.4 Å². The van der Waals surface area contributed by atoms with Crippen molar-refractivity contribution in [1.82, 2.24) is 9.80 Å². The summed E-state index contributed by atoms with van der Waals surface area (Å²) in [6.45, 7) is 4.52. The molecule has 0 atom stereocenters. The van der Waals surface area contributed by atoms with Gasteiger partial charge in [0.25, 0.3) is 0 Å². The monoisotopic (exact) mass is 206 g/mol. The number of piperazine rings is 1. The van der Waals surface area contributed by atoms with Crippen molar-refractivity contribution < 1.29 is 4.79 Å². The molecule has 2 rings (SSSR count). The van der Waals surface area contributed by atoms with Gasteiger partial charge in [-0.25, -0.2) is 0 Å². The summed E-state index contributed by atoms with van der Waals surface area (Å²) in [5.41, 5.74) is 2.32. The van der Waals surface area contributed by atoms with E-state index in [-0.39, 0.29) is 0 Å². The maximum atomic E-state index is 10.6. The van der Waals surface area contributed by atoms with E-state index in [4.69, 9.17) is 0 Å². The summed E-state index contributed by atoms with van der Waals surface area (Å²) >= 11 is 0. The molecule has 1 saturated heterocycles. The molecule has 0 aromatic rings. The van der Waals surface area contributed by atoms with Crippen molar-refractivity contribution >= 4 is 6.29 Å². The average molecular weight is 206 g/mol. The molecule has 1 aliphatic heterocycles. The van der Waals surface area contributed by atoms with Crippen LogP contribution < -0.4 is 0 Å². The van der Waals surface area contributed by atoms with Gasteiger partial charge in [-0.15, -0.1) is 0 Å². The third-order valence-corrected chi connectivity index (χ3v) is 3.22. The van der Waals surface area contributed by atoms with Gasteiger partial charge in [-0.3, -0.25) is 4.79 Å². The molecule has 1 fully saturated rings. The standard InChI is InChI=1S/C12H18N2O/c1-13-6-8-14(9-7-13)12-4-2-11(10-15)3-5-12/h2,4,10H,3,5-9H2,1H3. The zero-order valence-electron chi connectivity index (χ0n) is 9.28. The molecule has 1 heterocycles. The third kappa shape index (κ3) is 2.48. The van der Waals surface area contributed by atoms with Gasteiger partial charge < -0.3 is 9.80 Å². The Morgan fingerprint density at radius 1 is 1.13 bits per heavy atom. The van der Waals surface area contributed by atoms with Gasteiger partial charge in [-0.05, 0) is 31.5 Å². The molecule has 0 radical (unpaired) electrons. The largest absolute Gasteiger partial charge is 0.372 e. The predicted octanol–water partition coefficient (Wildman–Crippen LogP) is 1.04. The second-order valence-corrected chi connectivity index (χ2v) is 4.31. The minimum absolute atomic E-state index is 0.904. The molecule has 82 valence electrons. The van der Waals surface area contributed by atoms with Crippen LogP contribution in [0.15, 0.2) is 23.4 Å². The summed E-state index contributed by atoms with van der Waals surface area (Å²) in [6.07, 6.45) is 6.97. The Kier molecular flexibility index (Phi) is 3.21. The zero-order valence-corrected chi connectivity index (χ0v) is 9.28. The maximum absolute atomic E-state index is 10.6. The van der Waals surface area contributed by atoms with Crippen LogP contribution in [0.5, 0.6) is 0 Å². The third-order valence-electron chi connectivity index (χ3n) is 3.22. The van der Waals surface area contributed by atoms with E-state index in [0.29, 0.717) is 0 Å². The minimum atomic E-state index is 0.904. The normalized spacial score (nSPS) is 23.4. The molecule has 15 heavy (non-hydrogen) atoms. The Hall–Kier alpha value is -1.09. The first-order valence-electron chi connectivity index (χ1n) is 5.58. The predicted molar refractivity (Wildman–Crippen MR) is 60.5 cm³/mol. The van der Waals surface area contributed by atoms with Crippen LogP contribution in [-0.4, -0.2) is 49.3 Å². The van der Waals surface area contributed by atoms with Crippen molar-refractivity contribution in [2.24, 2.45) is 0 Å². The zero-order chi connectivity index (χ0) is 10.7. The Bertz CT molecular complexity index is 299. The minimum Gasteiger partial charge on any atom is -0.372 e. The van der Waals surface area contributed by atoms with Crippen LogP contribution in [0.25, 0.3) is 0 Å². The van der Waals surface area contributed by atoms with Crippen molar-refractivity contribution in [3.8, 4) is 0 Å². The Labute approximate surface area is 91.0 Å². The fraction of sp³-hybridized carbons (Fsp3) is 0.583. The number of hydrogen-bond acceptors (Lipinski definition) is 3. The molecule has 0 unspecified atom stereocenters. The SMILES string of the molecule is CN1CCN(C2=CC=C(C=O)CC2)CC1. The fourth-order valence-electron chi connectivity index (χ4n) is 2.10. The van der Waals surface area contributed by atoms with Crippen LogP contribution in [0, 0.1) is 0 Å². The number of likely N-dealkylation sites (N-methyl/N-ethyl adjacent to an activating group) is 1. The summed E-state index contributed by atoms with van der Waals surface area (Å²) in [6, 6.07) is 0. The van der Waals surface area contributed by atoms with Crippen molar-refractivity contribution in [1.29, 1.82) is 0 Å². The Morgan fingerprint density at radius 3 is 2.40 bits per heavy atom. The highest BCUT2D eigenvalue weighted by Gasteiger charge is 2.17. The number of carbonyl (C=O) groups excluding carboxylic acids is 1. The highest BCUT2D eigenvalue weighted by Crippen LogP contribution is 2.21. The van der Waals surface area contributed by atoms with E-state index in [1.165, 1.54) is 5.70 Å². The lowest BCUT2D eigenvalue weighted by Crippen LogP contribution is -2.43. The van der Waals surface area contributed by atoms with E-state index in [2.05, 4.69) is 22.9 Å². The van der Waals surface area contributed by atoms with Crippen molar-refractivity contribution in [2.45, 2.75) is 12.8 Å². The molecule has 0 aromatic carbocycles. The van der Waals surface area contributed by atoms with Crippen LogP contribution in [0.1, 0.15) is 12.8 Å². The van der Waals surface area contributed by atoms with E-state index < -0.39 is 0 Å². The highest BCUT2D eigenvalue weighted by molar-refractivity contribution is 5.74. The van der Waals surface area contributed by atoms with Gasteiger partial charge in [0, 0.05) is 31.9 Å². The summed E-state index contributed by atoms with van der Waals surface area (Å²) in [4.78, 5) is 15.4. The number of rotatable bonds is 2. The number of hydrogen-bond donors (Lipinski definition) is 0. The van der Waals surface area contributed by atoms with E-state index >= 15 is 0 Å². The fourth-order valence-corrected chi connectivity index (χ4v) is 2.10. The smallest absolute Gasteiger partial charge is 0.146 e.